The summed E-state index contributed by atoms with van der Waals surface area (Å²) in [7, 11) is -0.978. The monoisotopic (exact) mass is 488 g/mol. The lowest BCUT2D eigenvalue weighted by atomic mass is 9.84. The Morgan fingerprint density at radius 1 is 1.12 bits per heavy atom. The highest BCUT2D eigenvalue weighted by molar-refractivity contribution is 7.89. The van der Waals surface area contributed by atoms with E-state index in [1.807, 2.05) is 24.4 Å². The number of sulfonamides is 1. The van der Waals surface area contributed by atoms with Gasteiger partial charge in [-0.25, -0.2) is 22.5 Å². The van der Waals surface area contributed by atoms with Crippen LogP contribution in [0.4, 0.5) is 13.2 Å². The molecular formula is C21H27F3N4O4S. The summed E-state index contributed by atoms with van der Waals surface area (Å²) in [6, 6.07) is 10.4. The number of alkyl halides is 3. The Kier molecular flexibility index (Phi) is 7.20. The Balaban J connectivity index is 0.000000383. The molecule has 0 bridgehead atoms. The molecule has 1 fully saturated rings. The highest BCUT2D eigenvalue weighted by Gasteiger charge is 2.47. The molecular weight excluding hydrogens is 461 g/mol. The van der Waals surface area contributed by atoms with Gasteiger partial charge in [0.2, 0.25) is 10.0 Å². The third kappa shape index (κ3) is 5.07. The average molecular weight is 489 g/mol. The number of rotatable bonds is 3. The predicted molar refractivity (Wildman–Crippen MR) is 116 cm³/mol. The highest BCUT2D eigenvalue weighted by atomic mass is 32.2. The van der Waals surface area contributed by atoms with Crippen molar-refractivity contribution in [1.82, 2.24) is 18.8 Å². The van der Waals surface area contributed by atoms with E-state index in [2.05, 4.69) is 28.6 Å². The first-order valence-electron chi connectivity index (χ1n) is 10.5. The molecule has 0 atom stereocenters. The number of benzene rings is 1. The molecule has 12 heteroatoms. The van der Waals surface area contributed by atoms with Crippen molar-refractivity contribution in [3.8, 4) is 11.3 Å². The minimum absolute atomic E-state index is 0.169. The number of imidazole rings is 1. The molecule has 1 N–H and O–H groups in total. The van der Waals surface area contributed by atoms with Gasteiger partial charge in [-0.2, -0.15) is 13.2 Å². The van der Waals surface area contributed by atoms with Crippen LogP contribution in [0.1, 0.15) is 25.6 Å². The maximum atomic E-state index is 12.2. The fraction of sp³-hybridized carbons (Fsp3) is 0.524. The zero-order valence-corrected chi connectivity index (χ0v) is 19.2. The lowest BCUT2D eigenvalue weighted by Gasteiger charge is -2.49. The van der Waals surface area contributed by atoms with Crippen molar-refractivity contribution in [2.75, 3.05) is 32.4 Å². The van der Waals surface area contributed by atoms with Crippen LogP contribution in [0.2, 0.25) is 0 Å². The van der Waals surface area contributed by atoms with Crippen LogP contribution in [0.3, 0.4) is 0 Å². The van der Waals surface area contributed by atoms with E-state index < -0.39 is 22.2 Å². The van der Waals surface area contributed by atoms with E-state index in [1.165, 1.54) is 5.56 Å². The van der Waals surface area contributed by atoms with E-state index in [0.29, 0.717) is 13.1 Å². The lowest BCUT2D eigenvalue weighted by molar-refractivity contribution is -0.192. The number of carboxylic acid groups (broad SMARTS) is 1. The quantitative estimate of drug-likeness (QED) is 0.714. The van der Waals surface area contributed by atoms with Crippen LogP contribution in [-0.2, 0) is 26.9 Å². The van der Waals surface area contributed by atoms with Gasteiger partial charge in [-0.3, -0.25) is 4.90 Å². The van der Waals surface area contributed by atoms with Gasteiger partial charge in [0.05, 0.1) is 23.2 Å². The van der Waals surface area contributed by atoms with Crippen molar-refractivity contribution in [3.05, 3.63) is 42.4 Å². The van der Waals surface area contributed by atoms with Crippen LogP contribution in [0.25, 0.3) is 11.3 Å². The first kappa shape index (κ1) is 25.2. The maximum Gasteiger partial charge on any atom is 0.490 e. The molecule has 1 spiro atoms. The molecule has 2 aromatic rings. The molecule has 4 rings (SSSR count). The molecule has 182 valence electrons. The van der Waals surface area contributed by atoms with Gasteiger partial charge in [0, 0.05) is 26.2 Å². The largest absolute Gasteiger partial charge is 0.490 e. The van der Waals surface area contributed by atoms with Crippen molar-refractivity contribution >= 4 is 16.0 Å². The van der Waals surface area contributed by atoms with Crippen molar-refractivity contribution in [2.24, 2.45) is 0 Å². The second-order valence-corrected chi connectivity index (χ2v) is 10.3. The zero-order valence-electron chi connectivity index (χ0n) is 18.4. The number of likely N-dealkylation sites (N-methyl/N-ethyl adjacent to an activating group) is 1. The molecule has 1 aromatic heterocycles. The summed E-state index contributed by atoms with van der Waals surface area (Å²) in [6.07, 6.45) is -1.54. The van der Waals surface area contributed by atoms with Crippen molar-refractivity contribution in [2.45, 2.75) is 38.0 Å². The molecule has 0 unspecified atom stereocenters. The second-order valence-electron chi connectivity index (χ2n) is 8.04. The maximum absolute atomic E-state index is 12.2. The van der Waals surface area contributed by atoms with Gasteiger partial charge in [0.25, 0.3) is 0 Å². The summed E-state index contributed by atoms with van der Waals surface area (Å²) in [6.45, 7) is 4.70. The van der Waals surface area contributed by atoms with E-state index in [4.69, 9.17) is 14.9 Å². The van der Waals surface area contributed by atoms with Crippen LogP contribution < -0.4 is 0 Å². The number of carbonyl (C=O) groups is 1. The van der Waals surface area contributed by atoms with E-state index in [1.54, 1.807) is 11.2 Å². The summed E-state index contributed by atoms with van der Waals surface area (Å²) in [4.78, 5) is 16.1. The summed E-state index contributed by atoms with van der Waals surface area (Å²) in [5, 5.41) is 7.12. The van der Waals surface area contributed by atoms with Crippen LogP contribution in [0.5, 0.6) is 0 Å². The summed E-state index contributed by atoms with van der Waals surface area (Å²) < 4.78 is 60.2. The minimum atomic E-state index is -5.08. The molecule has 1 aromatic carbocycles. The van der Waals surface area contributed by atoms with Gasteiger partial charge in [0.15, 0.2) is 0 Å². The van der Waals surface area contributed by atoms with Crippen molar-refractivity contribution in [1.29, 1.82) is 0 Å². The number of fused-ring (bicyclic) bond motifs is 2. The third-order valence-electron chi connectivity index (χ3n) is 6.28. The first-order chi connectivity index (χ1) is 15.4. The van der Waals surface area contributed by atoms with Gasteiger partial charge < -0.3 is 9.67 Å². The van der Waals surface area contributed by atoms with E-state index in [9.17, 15) is 21.6 Å². The van der Waals surface area contributed by atoms with Gasteiger partial charge >= 0.3 is 12.1 Å². The Morgan fingerprint density at radius 2 is 1.70 bits per heavy atom. The Bertz CT molecular complexity index is 1080. The summed E-state index contributed by atoms with van der Waals surface area (Å²) in [5.41, 5.74) is 2.15. The number of aliphatic carboxylic acids is 1. The molecule has 0 saturated carbocycles. The van der Waals surface area contributed by atoms with E-state index in [-0.39, 0.29) is 11.3 Å². The molecule has 1 saturated heterocycles. The molecule has 3 heterocycles. The van der Waals surface area contributed by atoms with Gasteiger partial charge in [-0.15, -0.1) is 0 Å². The van der Waals surface area contributed by atoms with Crippen molar-refractivity contribution < 1.29 is 31.5 Å². The number of nitrogens with zero attached hydrogens (tertiary/aromatic N) is 4. The lowest BCUT2D eigenvalue weighted by Crippen LogP contribution is -2.57. The van der Waals surface area contributed by atoms with E-state index in [0.717, 1.165) is 37.4 Å². The summed E-state index contributed by atoms with van der Waals surface area (Å²) >= 11 is 0. The standard InChI is InChI=1S/C19H26N4O2S.C2HF3O2/c1-3-26(24,25)22-11-9-19(10-12-22)18-20-15-17(16-7-5-4-6-8-16)23(18)14-13-21(19)2;3-2(4,5)1(6)7/h4-8,15H,3,9-14H2,1-2H3;(H,6,7). The zero-order chi connectivity index (χ0) is 24.4. The number of hydrogen-bond donors (Lipinski definition) is 1. The smallest absolute Gasteiger partial charge is 0.475 e. The summed E-state index contributed by atoms with van der Waals surface area (Å²) in [5.74, 6) is -1.51. The molecule has 8 nitrogen and oxygen atoms in total. The SMILES string of the molecule is CCS(=O)(=O)N1CCC2(CC1)c1ncc(-c3ccccc3)n1CCN2C.O=C(O)C(F)(F)F. The number of carboxylic acids is 1. The number of hydrogen-bond acceptors (Lipinski definition) is 5. The third-order valence-corrected chi connectivity index (χ3v) is 8.16. The van der Waals surface area contributed by atoms with Crippen LogP contribution in [0.15, 0.2) is 36.5 Å². The molecule has 0 aliphatic carbocycles. The molecule has 0 amide bonds. The number of halogens is 3. The molecule has 2 aliphatic rings. The first-order valence-corrected chi connectivity index (χ1v) is 12.1. The van der Waals surface area contributed by atoms with Crippen LogP contribution in [-0.4, -0.2) is 76.9 Å². The fourth-order valence-electron chi connectivity index (χ4n) is 4.37. The van der Waals surface area contributed by atoms with Crippen LogP contribution >= 0.6 is 0 Å². The number of piperidine rings is 1. The molecule has 33 heavy (non-hydrogen) atoms. The average Bonchev–Trinajstić information content (AvgIpc) is 3.22. The second kappa shape index (κ2) is 9.43. The van der Waals surface area contributed by atoms with E-state index >= 15 is 0 Å². The van der Waals surface area contributed by atoms with Gasteiger partial charge in [-0.1, -0.05) is 30.3 Å². The highest BCUT2D eigenvalue weighted by Crippen LogP contribution is 2.41. The van der Waals surface area contributed by atoms with Gasteiger partial charge in [-0.05, 0) is 32.4 Å². The Morgan fingerprint density at radius 3 is 2.21 bits per heavy atom. The topological polar surface area (TPSA) is 95.7 Å². The Labute approximate surface area is 190 Å². The van der Waals surface area contributed by atoms with Gasteiger partial charge in [0.1, 0.15) is 5.82 Å². The normalized spacial score (nSPS) is 18.9. The minimum Gasteiger partial charge on any atom is -0.475 e. The Hall–Kier alpha value is -2.44. The number of aromatic nitrogens is 2. The molecule has 2 aliphatic heterocycles. The van der Waals surface area contributed by atoms with Crippen molar-refractivity contribution in [3.63, 3.8) is 0 Å². The fourth-order valence-corrected chi connectivity index (χ4v) is 5.47. The molecule has 0 radical (unpaired) electrons. The predicted octanol–water partition coefficient (Wildman–Crippen LogP) is 2.77. The van der Waals surface area contributed by atoms with Crippen LogP contribution in [0, 0.1) is 0 Å².